The molecule has 0 aromatic carbocycles. The normalized spacial score (nSPS) is 12.1. The van der Waals surface area contributed by atoms with E-state index in [1.165, 1.54) is 161 Å². The smallest absolute Gasteiger partial charge is 0.306 e. The average Bonchev–Trinajstić information content (AvgIpc) is 3.21. The van der Waals surface area contributed by atoms with Crippen LogP contribution in [0.1, 0.15) is 265 Å². The molecule has 0 spiro atoms. The van der Waals surface area contributed by atoms with Gasteiger partial charge < -0.3 is 14.2 Å². The molecule has 0 amide bonds. The van der Waals surface area contributed by atoms with E-state index in [-0.39, 0.29) is 31.1 Å². The van der Waals surface area contributed by atoms with Gasteiger partial charge in [0.1, 0.15) is 13.2 Å². The molecule has 6 nitrogen and oxygen atoms in total. The lowest BCUT2D eigenvalue weighted by Crippen LogP contribution is -2.30. The first-order valence-corrected chi connectivity index (χ1v) is 24.8. The van der Waals surface area contributed by atoms with Crippen LogP contribution in [0.2, 0.25) is 0 Å². The molecule has 0 fully saturated rings. The lowest BCUT2D eigenvalue weighted by molar-refractivity contribution is -0.167. The molecule has 0 N–H and O–H groups in total. The summed E-state index contributed by atoms with van der Waals surface area (Å²) in [7, 11) is 0. The van der Waals surface area contributed by atoms with E-state index in [0.717, 1.165) is 64.2 Å². The third-order valence-corrected chi connectivity index (χ3v) is 10.9. The SMILES string of the molecule is CCCCC/C=C\CCCCCCCC(=O)OC(COC(=O)CCCCCCCCC/C=C\CCCCCCCC)COC(=O)CCCCCCCCCCCC. The monoisotopic (exact) mass is 803 g/mol. The summed E-state index contributed by atoms with van der Waals surface area (Å²) in [5.41, 5.74) is 0. The lowest BCUT2D eigenvalue weighted by atomic mass is 10.1. The van der Waals surface area contributed by atoms with Gasteiger partial charge in [-0.05, 0) is 70.6 Å². The molecular formula is C51H94O6. The van der Waals surface area contributed by atoms with Crippen molar-refractivity contribution in [1.82, 2.24) is 0 Å². The summed E-state index contributed by atoms with van der Waals surface area (Å²) in [5, 5.41) is 0. The number of hydrogen-bond acceptors (Lipinski definition) is 6. The third kappa shape index (κ3) is 44.8. The molecule has 334 valence electrons. The predicted octanol–water partition coefficient (Wildman–Crippen LogP) is 16.0. The number of carbonyl (C=O) groups is 3. The van der Waals surface area contributed by atoms with Gasteiger partial charge in [0, 0.05) is 19.3 Å². The van der Waals surface area contributed by atoms with Crippen LogP contribution in [-0.2, 0) is 28.6 Å². The van der Waals surface area contributed by atoms with E-state index >= 15 is 0 Å². The minimum atomic E-state index is -0.771. The Morgan fingerprint density at radius 1 is 0.333 bits per heavy atom. The summed E-state index contributed by atoms with van der Waals surface area (Å²) in [6, 6.07) is 0. The minimum absolute atomic E-state index is 0.0729. The molecule has 57 heavy (non-hydrogen) atoms. The van der Waals surface area contributed by atoms with Crippen molar-refractivity contribution in [2.75, 3.05) is 13.2 Å². The molecule has 0 saturated carbocycles. The van der Waals surface area contributed by atoms with Gasteiger partial charge in [0.25, 0.3) is 0 Å². The second-order valence-corrected chi connectivity index (χ2v) is 16.7. The molecule has 0 aromatic heterocycles. The van der Waals surface area contributed by atoms with Gasteiger partial charge in [0.2, 0.25) is 0 Å². The van der Waals surface area contributed by atoms with Gasteiger partial charge in [-0.3, -0.25) is 14.4 Å². The minimum Gasteiger partial charge on any atom is -0.462 e. The molecule has 0 aliphatic heterocycles. The summed E-state index contributed by atoms with van der Waals surface area (Å²) in [6.45, 7) is 6.60. The Morgan fingerprint density at radius 3 is 0.912 bits per heavy atom. The van der Waals surface area contributed by atoms with E-state index in [1.54, 1.807) is 0 Å². The molecule has 0 bridgehead atoms. The molecule has 0 saturated heterocycles. The van der Waals surface area contributed by atoms with Crippen molar-refractivity contribution in [3.63, 3.8) is 0 Å². The van der Waals surface area contributed by atoms with Crippen LogP contribution in [0.15, 0.2) is 24.3 Å². The van der Waals surface area contributed by atoms with Crippen LogP contribution in [-0.4, -0.2) is 37.2 Å². The number of allylic oxidation sites excluding steroid dienone is 4. The maximum atomic E-state index is 12.7. The quantitative estimate of drug-likeness (QED) is 0.0264. The first kappa shape index (κ1) is 54.9. The van der Waals surface area contributed by atoms with Crippen LogP contribution >= 0.6 is 0 Å². The molecule has 0 aromatic rings. The van der Waals surface area contributed by atoms with Gasteiger partial charge in [-0.25, -0.2) is 0 Å². The van der Waals surface area contributed by atoms with Gasteiger partial charge in [-0.1, -0.05) is 199 Å². The zero-order valence-corrected chi connectivity index (χ0v) is 38.1. The highest BCUT2D eigenvalue weighted by atomic mass is 16.6. The topological polar surface area (TPSA) is 78.9 Å². The van der Waals surface area contributed by atoms with Crippen molar-refractivity contribution in [1.29, 1.82) is 0 Å². The zero-order valence-electron chi connectivity index (χ0n) is 38.1. The van der Waals surface area contributed by atoms with Gasteiger partial charge in [-0.15, -0.1) is 0 Å². The molecule has 1 unspecified atom stereocenters. The van der Waals surface area contributed by atoms with Crippen molar-refractivity contribution in [2.45, 2.75) is 271 Å². The molecular weight excluding hydrogens is 709 g/mol. The van der Waals surface area contributed by atoms with Crippen molar-refractivity contribution in [3.8, 4) is 0 Å². The Morgan fingerprint density at radius 2 is 0.579 bits per heavy atom. The van der Waals surface area contributed by atoms with Crippen LogP contribution < -0.4 is 0 Å². The highest BCUT2D eigenvalue weighted by Crippen LogP contribution is 2.15. The van der Waals surface area contributed by atoms with E-state index in [4.69, 9.17) is 14.2 Å². The van der Waals surface area contributed by atoms with Gasteiger partial charge in [0.15, 0.2) is 6.10 Å². The van der Waals surface area contributed by atoms with Crippen LogP contribution in [0.5, 0.6) is 0 Å². The van der Waals surface area contributed by atoms with E-state index in [1.807, 2.05) is 0 Å². The average molecular weight is 803 g/mol. The molecule has 1 atom stereocenters. The fourth-order valence-corrected chi connectivity index (χ4v) is 7.14. The Labute approximate surface area is 353 Å². The number of esters is 3. The molecule has 0 heterocycles. The predicted molar refractivity (Wildman–Crippen MR) is 243 cm³/mol. The van der Waals surface area contributed by atoms with Crippen LogP contribution in [0, 0.1) is 0 Å². The van der Waals surface area contributed by atoms with Gasteiger partial charge in [-0.2, -0.15) is 0 Å². The zero-order chi connectivity index (χ0) is 41.5. The summed E-state index contributed by atoms with van der Waals surface area (Å²) in [4.78, 5) is 37.8. The Balaban J connectivity index is 4.31. The first-order valence-electron chi connectivity index (χ1n) is 24.8. The number of rotatable bonds is 45. The molecule has 0 aliphatic rings. The number of hydrogen-bond donors (Lipinski definition) is 0. The molecule has 6 heteroatoms. The van der Waals surface area contributed by atoms with E-state index in [0.29, 0.717) is 19.3 Å². The Kier molecular flexibility index (Phi) is 44.9. The van der Waals surface area contributed by atoms with Crippen molar-refractivity contribution in [2.24, 2.45) is 0 Å². The lowest BCUT2D eigenvalue weighted by Gasteiger charge is -2.18. The van der Waals surface area contributed by atoms with Gasteiger partial charge in [0.05, 0.1) is 0 Å². The molecule has 0 radical (unpaired) electrons. The molecule has 0 aliphatic carbocycles. The highest BCUT2D eigenvalue weighted by Gasteiger charge is 2.19. The van der Waals surface area contributed by atoms with Gasteiger partial charge >= 0.3 is 17.9 Å². The summed E-state index contributed by atoms with van der Waals surface area (Å²) < 4.78 is 16.7. The maximum Gasteiger partial charge on any atom is 0.306 e. The highest BCUT2D eigenvalue weighted by molar-refractivity contribution is 5.71. The fourth-order valence-electron chi connectivity index (χ4n) is 7.14. The van der Waals surface area contributed by atoms with E-state index in [9.17, 15) is 14.4 Å². The molecule has 0 rings (SSSR count). The second-order valence-electron chi connectivity index (χ2n) is 16.7. The first-order chi connectivity index (χ1) is 28.0. The van der Waals surface area contributed by atoms with Crippen molar-refractivity contribution < 1.29 is 28.6 Å². The van der Waals surface area contributed by atoms with E-state index < -0.39 is 6.10 Å². The third-order valence-electron chi connectivity index (χ3n) is 10.9. The second kappa shape index (κ2) is 46.6. The van der Waals surface area contributed by atoms with Crippen LogP contribution in [0.3, 0.4) is 0 Å². The van der Waals surface area contributed by atoms with Crippen LogP contribution in [0.4, 0.5) is 0 Å². The standard InChI is InChI=1S/C51H94O6/c1-4-7-10-13-16-19-22-24-25-26-27-28-30-32-35-38-41-44-50(53)56-47-48(46-55-49(52)43-40-37-34-31-21-18-15-12-9-6-3)57-51(54)45-42-39-36-33-29-23-20-17-14-11-8-5-2/h17,20,24-25,48H,4-16,18-19,21-23,26-47H2,1-3H3/b20-17-,25-24-. The summed E-state index contributed by atoms with van der Waals surface area (Å²) >= 11 is 0. The number of unbranched alkanes of at least 4 members (excludes halogenated alkanes) is 30. The Hall–Kier alpha value is -2.11. The largest absolute Gasteiger partial charge is 0.462 e. The summed E-state index contributed by atoms with van der Waals surface area (Å²) in [5.74, 6) is -0.880. The van der Waals surface area contributed by atoms with E-state index in [2.05, 4.69) is 45.1 Å². The Bertz CT molecular complexity index is 927. The fraction of sp³-hybridized carbons (Fsp3) is 0.863. The van der Waals surface area contributed by atoms with Crippen molar-refractivity contribution in [3.05, 3.63) is 24.3 Å². The van der Waals surface area contributed by atoms with Crippen LogP contribution in [0.25, 0.3) is 0 Å². The van der Waals surface area contributed by atoms with Crippen molar-refractivity contribution >= 4 is 17.9 Å². The number of carbonyl (C=O) groups excluding carboxylic acids is 3. The summed E-state index contributed by atoms with van der Waals surface area (Å²) in [6.07, 6.45) is 51.6. The maximum absolute atomic E-state index is 12.7. The number of ether oxygens (including phenoxy) is 3.